The number of hydrogen-bond donors (Lipinski definition) is 1. The van der Waals surface area contributed by atoms with Crippen LogP contribution in [0, 0.1) is 0 Å². The molecule has 0 amide bonds. The minimum atomic E-state index is 0.537. The van der Waals surface area contributed by atoms with Crippen LogP contribution >= 0.6 is 23.1 Å². The van der Waals surface area contributed by atoms with Gasteiger partial charge in [0.25, 0.3) is 0 Å². The largest absolute Gasteiger partial charge is 0.383 e. The molecule has 0 aliphatic heterocycles. The molecule has 0 fully saturated rings. The van der Waals surface area contributed by atoms with Crippen molar-refractivity contribution in [2.75, 3.05) is 5.73 Å². The zero-order valence-corrected chi connectivity index (χ0v) is 11.2. The molecule has 92 valence electrons. The van der Waals surface area contributed by atoms with Gasteiger partial charge in [0.05, 0.1) is 11.1 Å². The molecular weight excluding hydrogens is 268 g/mol. The van der Waals surface area contributed by atoms with Crippen LogP contribution in [0.25, 0.3) is 10.2 Å². The second kappa shape index (κ2) is 4.54. The summed E-state index contributed by atoms with van der Waals surface area (Å²) in [6.45, 7) is 0. The van der Waals surface area contributed by atoms with Crippen molar-refractivity contribution in [3.05, 3.63) is 23.6 Å². The van der Waals surface area contributed by atoms with Gasteiger partial charge in [-0.2, -0.15) is 0 Å². The average molecular weight is 278 g/mol. The molecule has 0 unspecified atom stereocenters. The molecule has 0 bridgehead atoms. The summed E-state index contributed by atoms with van der Waals surface area (Å²) in [5, 5.41) is 11.5. The van der Waals surface area contributed by atoms with E-state index < -0.39 is 0 Å². The van der Waals surface area contributed by atoms with E-state index in [0.29, 0.717) is 11.6 Å². The van der Waals surface area contributed by atoms with Crippen LogP contribution in [0.3, 0.4) is 0 Å². The summed E-state index contributed by atoms with van der Waals surface area (Å²) in [6, 6.07) is 1.94. The van der Waals surface area contributed by atoms with Crippen molar-refractivity contribution in [2.45, 2.75) is 10.9 Å². The minimum Gasteiger partial charge on any atom is -0.383 e. The number of aromatic nitrogens is 5. The van der Waals surface area contributed by atoms with Gasteiger partial charge in [-0.15, -0.1) is 21.5 Å². The number of aryl methyl sites for hydroxylation is 1. The van der Waals surface area contributed by atoms with Gasteiger partial charge in [-0.1, -0.05) is 11.8 Å². The van der Waals surface area contributed by atoms with Crippen molar-refractivity contribution in [1.29, 1.82) is 0 Å². The Morgan fingerprint density at radius 2 is 2.33 bits per heavy atom. The van der Waals surface area contributed by atoms with Crippen molar-refractivity contribution in [3.63, 3.8) is 0 Å². The predicted molar refractivity (Wildman–Crippen MR) is 72.4 cm³/mol. The van der Waals surface area contributed by atoms with Crippen molar-refractivity contribution < 1.29 is 0 Å². The summed E-state index contributed by atoms with van der Waals surface area (Å²) in [6.07, 6.45) is 1.67. The van der Waals surface area contributed by atoms with E-state index >= 15 is 0 Å². The van der Waals surface area contributed by atoms with Gasteiger partial charge in [-0.3, -0.25) is 0 Å². The van der Waals surface area contributed by atoms with Crippen LogP contribution in [0.5, 0.6) is 0 Å². The van der Waals surface area contributed by atoms with Crippen LogP contribution in [0.4, 0.5) is 5.82 Å². The summed E-state index contributed by atoms with van der Waals surface area (Å²) >= 11 is 3.11. The van der Waals surface area contributed by atoms with Crippen LogP contribution < -0.4 is 5.73 Å². The molecule has 3 aromatic heterocycles. The van der Waals surface area contributed by atoms with E-state index in [1.165, 1.54) is 0 Å². The Hall–Kier alpha value is -1.67. The Morgan fingerprint density at radius 3 is 3.11 bits per heavy atom. The maximum absolute atomic E-state index is 5.89. The fourth-order valence-electron chi connectivity index (χ4n) is 1.52. The Balaban J connectivity index is 1.84. The van der Waals surface area contributed by atoms with E-state index in [9.17, 15) is 0 Å². The molecule has 3 heterocycles. The number of hydrogen-bond acceptors (Lipinski definition) is 7. The molecule has 0 aromatic carbocycles. The van der Waals surface area contributed by atoms with E-state index in [0.717, 1.165) is 21.2 Å². The number of thiophene rings is 1. The molecule has 0 saturated heterocycles. The number of nitrogens with two attached hydrogens (primary N) is 1. The molecule has 0 saturated carbocycles. The highest BCUT2D eigenvalue weighted by molar-refractivity contribution is 7.98. The third-order valence-electron chi connectivity index (χ3n) is 2.40. The number of anilines is 1. The molecule has 6 nitrogen and oxygen atoms in total. The fraction of sp³-hybridized carbons (Fsp3) is 0.200. The van der Waals surface area contributed by atoms with Crippen LogP contribution in [0.1, 0.15) is 5.82 Å². The maximum atomic E-state index is 5.89. The molecule has 0 spiro atoms. The first-order valence-corrected chi connectivity index (χ1v) is 7.07. The molecule has 3 aromatic rings. The van der Waals surface area contributed by atoms with Gasteiger partial charge in [0.15, 0.2) is 5.16 Å². The highest BCUT2D eigenvalue weighted by Gasteiger charge is 2.08. The Labute approximate surface area is 111 Å². The second-order valence-electron chi connectivity index (χ2n) is 3.68. The topological polar surface area (TPSA) is 82.5 Å². The van der Waals surface area contributed by atoms with Crippen LogP contribution in [-0.2, 0) is 12.8 Å². The van der Waals surface area contributed by atoms with Gasteiger partial charge in [-0.05, 0) is 11.4 Å². The molecule has 0 radical (unpaired) electrons. The highest BCUT2D eigenvalue weighted by Crippen LogP contribution is 2.25. The predicted octanol–water partition coefficient (Wildman–Crippen LogP) is 1.69. The number of fused-ring (bicyclic) bond motifs is 1. The van der Waals surface area contributed by atoms with E-state index in [4.69, 9.17) is 5.73 Å². The molecule has 3 rings (SSSR count). The lowest BCUT2D eigenvalue weighted by molar-refractivity contribution is 0.787. The summed E-state index contributed by atoms with van der Waals surface area (Å²) in [7, 11) is 1.90. The second-order valence-corrected chi connectivity index (χ2v) is 5.51. The van der Waals surface area contributed by atoms with Crippen LogP contribution in [-0.4, -0.2) is 24.7 Å². The number of nitrogen functional groups attached to an aromatic ring is 1. The fourth-order valence-corrected chi connectivity index (χ4v) is 3.05. The summed E-state index contributed by atoms with van der Waals surface area (Å²) < 4.78 is 1.86. The molecular formula is C10H10N6S2. The Morgan fingerprint density at radius 1 is 1.44 bits per heavy atom. The van der Waals surface area contributed by atoms with Gasteiger partial charge in [0.1, 0.15) is 22.8 Å². The highest BCUT2D eigenvalue weighted by atomic mass is 32.2. The van der Waals surface area contributed by atoms with Crippen LogP contribution in [0.2, 0.25) is 0 Å². The monoisotopic (exact) mass is 278 g/mol. The molecule has 0 aliphatic rings. The molecule has 8 heteroatoms. The SMILES string of the molecule is Cn1cnnc1SCc1nc(N)c2ccsc2n1. The summed E-state index contributed by atoms with van der Waals surface area (Å²) in [5.41, 5.74) is 5.89. The van der Waals surface area contributed by atoms with E-state index in [1.54, 1.807) is 29.4 Å². The normalized spacial score (nSPS) is 11.2. The molecule has 0 aliphatic carbocycles. The Bertz CT molecular complexity index is 689. The smallest absolute Gasteiger partial charge is 0.191 e. The first-order chi connectivity index (χ1) is 8.74. The summed E-state index contributed by atoms with van der Waals surface area (Å²) in [5.74, 6) is 1.88. The quantitative estimate of drug-likeness (QED) is 0.734. The van der Waals surface area contributed by atoms with E-state index in [2.05, 4.69) is 20.2 Å². The van der Waals surface area contributed by atoms with Gasteiger partial charge in [0.2, 0.25) is 0 Å². The van der Waals surface area contributed by atoms with Gasteiger partial charge in [0, 0.05) is 7.05 Å². The summed E-state index contributed by atoms with van der Waals surface area (Å²) in [4.78, 5) is 9.70. The molecule has 18 heavy (non-hydrogen) atoms. The third kappa shape index (κ3) is 2.04. The van der Waals surface area contributed by atoms with Gasteiger partial charge in [-0.25, -0.2) is 9.97 Å². The van der Waals surface area contributed by atoms with Crippen molar-refractivity contribution in [2.24, 2.45) is 7.05 Å². The third-order valence-corrected chi connectivity index (χ3v) is 4.24. The number of rotatable bonds is 3. The first kappa shape index (κ1) is 11.4. The lowest BCUT2D eigenvalue weighted by atomic mass is 10.4. The van der Waals surface area contributed by atoms with Crippen molar-refractivity contribution in [1.82, 2.24) is 24.7 Å². The number of nitrogens with zero attached hydrogens (tertiary/aromatic N) is 5. The van der Waals surface area contributed by atoms with E-state index in [1.807, 2.05) is 23.1 Å². The molecule has 2 N–H and O–H groups in total. The maximum Gasteiger partial charge on any atom is 0.191 e. The average Bonchev–Trinajstić information content (AvgIpc) is 2.95. The standard InChI is InChI=1S/C10H10N6S2/c1-16-5-12-15-10(16)18-4-7-13-8(11)6-2-3-17-9(6)14-7/h2-3,5H,4H2,1H3,(H2,11,13,14). The van der Waals surface area contributed by atoms with Gasteiger partial charge >= 0.3 is 0 Å². The zero-order chi connectivity index (χ0) is 12.5. The van der Waals surface area contributed by atoms with Gasteiger partial charge < -0.3 is 10.3 Å². The van der Waals surface area contributed by atoms with Crippen LogP contribution in [0.15, 0.2) is 22.9 Å². The molecule has 0 atom stereocenters. The van der Waals surface area contributed by atoms with E-state index in [-0.39, 0.29) is 0 Å². The lowest BCUT2D eigenvalue weighted by Crippen LogP contribution is -1.99. The van der Waals surface area contributed by atoms with Crippen molar-refractivity contribution >= 4 is 39.1 Å². The first-order valence-electron chi connectivity index (χ1n) is 5.20. The Kier molecular flexibility index (Phi) is 2.88. The van der Waals surface area contributed by atoms with Crippen molar-refractivity contribution in [3.8, 4) is 0 Å². The zero-order valence-electron chi connectivity index (χ0n) is 9.57. The number of thioether (sulfide) groups is 1. The lowest BCUT2D eigenvalue weighted by Gasteiger charge is -2.02. The minimum absolute atomic E-state index is 0.537.